The van der Waals surface area contributed by atoms with Crippen LogP contribution in [0, 0.1) is 13.8 Å². The van der Waals surface area contributed by atoms with Gasteiger partial charge >= 0.3 is 0 Å². The second-order valence-corrected chi connectivity index (χ2v) is 9.34. The van der Waals surface area contributed by atoms with E-state index in [0.29, 0.717) is 27.4 Å². The van der Waals surface area contributed by atoms with Gasteiger partial charge in [0.2, 0.25) is 10.0 Å². The number of hydrogen-bond acceptors (Lipinski definition) is 4. The molecule has 0 aliphatic heterocycles. The van der Waals surface area contributed by atoms with Crippen molar-refractivity contribution in [2.24, 2.45) is 5.14 Å². The quantitative estimate of drug-likeness (QED) is 0.467. The first-order chi connectivity index (χ1) is 14.1. The molecule has 1 heterocycles. The van der Waals surface area contributed by atoms with E-state index >= 15 is 0 Å². The number of nitrogens with two attached hydrogens (primary N) is 1. The second-order valence-electron chi connectivity index (χ2n) is 6.55. The number of aromatic nitrogens is 2. The first-order valence-electron chi connectivity index (χ1n) is 8.74. The number of aryl methyl sites for hydroxylation is 1. The Kier molecular flexibility index (Phi) is 6.68. The number of nitrogens with zero attached hydrogens (tertiary/aromatic N) is 2. The van der Waals surface area contributed by atoms with E-state index in [1.54, 1.807) is 35.0 Å². The third-order valence-corrected chi connectivity index (χ3v) is 6.27. The van der Waals surface area contributed by atoms with Gasteiger partial charge in [-0.25, -0.2) is 13.6 Å². The molecule has 158 valence electrons. The molecule has 0 unspecified atom stereocenters. The molecule has 30 heavy (non-hydrogen) atoms. The summed E-state index contributed by atoms with van der Waals surface area (Å²) in [5, 5.41) is 17.3. The molecule has 0 atom stereocenters. The highest BCUT2D eigenvalue weighted by atomic mass is 35.5. The van der Waals surface area contributed by atoms with Crippen LogP contribution >= 0.6 is 35.4 Å². The predicted molar refractivity (Wildman–Crippen MR) is 125 cm³/mol. The first kappa shape index (κ1) is 22.5. The van der Waals surface area contributed by atoms with Crippen LogP contribution in [0.3, 0.4) is 0 Å². The Labute approximate surface area is 190 Å². The maximum atomic E-state index is 11.4. The molecule has 0 saturated carbocycles. The molecule has 0 radical (unpaired) electrons. The van der Waals surface area contributed by atoms with Crippen molar-refractivity contribution in [3.8, 4) is 0 Å². The SMILES string of the molecule is Cc1nn(Cc2c(Cl)cccc2Cl)c(C)c1NC(=S)Nc1ccc(S(N)(=O)=O)cc1. The van der Waals surface area contributed by atoms with Gasteiger partial charge in [0, 0.05) is 21.3 Å². The third-order valence-electron chi connectivity index (χ3n) is 4.43. The van der Waals surface area contributed by atoms with E-state index in [1.165, 1.54) is 12.1 Å². The van der Waals surface area contributed by atoms with E-state index in [9.17, 15) is 8.42 Å². The van der Waals surface area contributed by atoms with E-state index in [-0.39, 0.29) is 4.90 Å². The Hall–Kier alpha value is -2.17. The van der Waals surface area contributed by atoms with E-state index in [2.05, 4.69) is 15.7 Å². The van der Waals surface area contributed by atoms with E-state index in [4.69, 9.17) is 40.6 Å². The minimum absolute atomic E-state index is 0.0260. The highest BCUT2D eigenvalue weighted by molar-refractivity contribution is 7.89. The van der Waals surface area contributed by atoms with Gasteiger partial charge in [0.1, 0.15) is 0 Å². The number of thiocarbonyl (C=S) groups is 1. The number of primary sulfonamides is 1. The van der Waals surface area contributed by atoms with Gasteiger partial charge in [0.15, 0.2) is 5.11 Å². The molecular formula is C19H19Cl2N5O2S2. The Morgan fingerprint density at radius 2 is 1.70 bits per heavy atom. The van der Waals surface area contributed by atoms with Gasteiger partial charge in [0.25, 0.3) is 0 Å². The molecule has 0 spiro atoms. The molecule has 3 aromatic rings. The summed E-state index contributed by atoms with van der Waals surface area (Å²) < 4.78 is 24.5. The summed E-state index contributed by atoms with van der Waals surface area (Å²) in [5.41, 5.74) is 3.78. The summed E-state index contributed by atoms with van der Waals surface area (Å²) in [7, 11) is -3.74. The van der Waals surface area contributed by atoms with Crippen LogP contribution in [-0.2, 0) is 16.6 Å². The highest BCUT2D eigenvalue weighted by Crippen LogP contribution is 2.27. The number of nitrogens with one attached hydrogen (secondary N) is 2. The van der Waals surface area contributed by atoms with Crippen molar-refractivity contribution in [1.82, 2.24) is 9.78 Å². The van der Waals surface area contributed by atoms with Gasteiger partial charge in [-0.1, -0.05) is 29.3 Å². The summed E-state index contributed by atoms with van der Waals surface area (Å²) in [4.78, 5) is 0.0260. The average molecular weight is 484 g/mol. The Balaban J connectivity index is 1.75. The maximum absolute atomic E-state index is 11.4. The molecule has 7 nitrogen and oxygen atoms in total. The van der Waals surface area contributed by atoms with Gasteiger partial charge in [-0.15, -0.1) is 0 Å². The first-order valence-corrected chi connectivity index (χ1v) is 11.4. The van der Waals surface area contributed by atoms with Crippen LogP contribution in [0.25, 0.3) is 0 Å². The van der Waals surface area contributed by atoms with Gasteiger partial charge in [0.05, 0.1) is 28.5 Å². The van der Waals surface area contributed by atoms with Crippen molar-refractivity contribution in [2.75, 3.05) is 10.6 Å². The lowest BCUT2D eigenvalue weighted by Crippen LogP contribution is -2.20. The molecular weight excluding hydrogens is 465 g/mol. The number of halogens is 2. The minimum atomic E-state index is -3.74. The van der Waals surface area contributed by atoms with Gasteiger partial charge in [-0.3, -0.25) is 4.68 Å². The zero-order valence-corrected chi connectivity index (χ0v) is 19.3. The Bertz CT molecular complexity index is 1190. The molecule has 2 aromatic carbocycles. The summed E-state index contributed by atoms with van der Waals surface area (Å²) in [6, 6.07) is 11.3. The van der Waals surface area contributed by atoms with Crippen LogP contribution < -0.4 is 15.8 Å². The van der Waals surface area contributed by atoms with Crippen molar-refractivity contribution in [1.29, 1.82) is 0 Å². The lowest BCUT2D eigenvalue weighted by atomic mass is 10.2. The van der Waals surface area contributed by atoms with Crippen molar-refractivity contribution >= 4 is 61.9 Å². The zero-order valence-electron chi connectivity index (χ0n) is 16.1. The van der Waals surface area contributed by atoms with Crippen LogP contribution in [-0.4, -0.2) is 23.3 Å². The van der Waals surface area contributed by atoms with Gasteiger partial charge in [-0.2, -0.15) is 5.10 Å². The predicted octanol–water partition coefficient (Wildman–Crippen LogP) is 4.31. The van der Waals surface area contributed by atoms with E-state index in [1.807, 2.05) is 13.8 Å². The summed E-state index contributed by atoms with van der Waals surface area (Å²) in [6.45, 7) is 4.20. The lowest BCUT2D eigenvalue weighted by molar-refractivity contribution is 0.598. The molecule has 0 fully saturated rings. The smallest absolute Gasteiger partial charge is 0.238 e. The van der Waals surface area contributed by atoms with Crippen LogP contribution in [0.5, 0.6) is 0 Å². The van der Waals surface area contributed by atoms with Crippen molar-refractivity contribution in [3.05, 3.63) is 69.5 Å². The minimum Gasteiger partial charge on any atom is -0.332 e. The molecule has 0 amide bonds. The van der Waals surface area contributed by atoms with Crippen LogP contribution in [0.4, 0.5) is 11.4 Å². The number of rotatable bonds is 5. The van der Waals surface area contributed by atoms with Crippen molar-refractivity contribution < 1.29 is 8.42 Å². The monoisotopic (exact) mass is 483 g/mol. The summed E-state index contributed by atoms with van der Waals surface area (Å²) >= 11 is 17.9. The van der Waals surface area contributed by atoms with E-state index < -0.39 is 10.0 Å². The largest absolute Gasteiger partial charge is 0.332 e. The molecule has 0 bridgehead atoms. The molecule has 0 aliphatic rings. The molecule has 4 N–H and O–H groups in total. The highest BCUT2D eigenvalue weighted by Gasteiger charge is 2.15. The average Bonchev–Trinajstić information content (AvgIpc) is 2.92. The fourth-order valence-electron chi connectivity index (χ4n) is 2.87. The van der Waals surface area contributed by atoms with Crippen LogP contribution in [0.1, 0.15) is 17.0 Å². The fourth-order valence-corrected chi connectivity index (χ4v) is 4.12. The topological polar surface area (TPSA) is 102 Å². The number of hydrogen-bond donors (Lipinski definition) is 3. The summed E-state index contributed by atoms with van der Waals surface area (Å²) in [6.07, 6.45) is 0. The third kappa shape index (κ3) is 5.11. The molecule has 0 aliphatic carbocycles. The molecule has 0 saturated heterocycles. The maximum Gasteiger partial charge on any atom is 0.238 e. The molecule has 11 heteroatoms. The Morgan fingerprint density at radius 1 is 1.10 bits per heavy atom. The second kappa shape index (κ2) is 8.91. The Morgan fingerprint density at radius 3 is 2.27 bits per heavy atom. The van der Waals surface area contributed by atoms with E-state index in [0.717, 1.165) is 22.6 Å². The zero-order chi connectivity index (χ0) is 22.1. The number of anilines is 2. The van der Waals surface area contributed by atoms with Gasteiger partial charge in [-0.05, 0) is 62.5 Å². The number of benzene rings is 2. The van der Waals surface area contributed by atoms with Crippen LogP contribution in [0.15, 0.2) is 47.4 Å². The fraction of sp³-hybridized carbons (Fsp3) is 0.158. The standard InChI is InChI=1S/C19H19Cl2N5O2S2/c1-11-18(12(2)26(25-11)10-15-16(20)4-3-5-17(15)21)24-19(29)23-13-6-8-14(9-7-13)30(22,27)28/h3-9H,10H2,1-2H3,(H2,22,27,28)(H2,23,24,29). The normalized spacial score (nSPS) is 11.4. The van der Waals surface area contributed by atoms with Crippen LogP contribution in [0.2, 0.25) is 10.0 Å². The molecule has 1 aromatic heterocycles. The molecule has 3 rings (SSSR count). The van der Waals surface area contributed by atoms with Crippen molar-refractivity contribution in [2.45, 2.75) is 25.3 Å². The number of sulfonamides is 1. The lowest BCUT2D eigenvalue weighted by Gasteiger charge is -2.12. The summed E-state index contributed by atoms with van der Waals surface area (Å²) in [5.74, 6) is 0. The van der Waals surface area contributed by atoms with Crippen molar-refractivity contribution in [3.63, 3.8) is 0 Å². The van der Waals surface area contributed by atoms with Gasteiger partial charge < -0.3 is 10.6 Å².